The molecule has 200 valence electrons. The fraction of sp³-hybridized carbons (Fsp3) is 0.308. The number of rotatable bonds is 10. The van der Waals surface area contributed by atoms with Crippen LogP contribution in [0.25, 0.3) is 6.08 Å². The maximum Gasteiger partial charge on any atom is 0.341 e. The minimum atomic E-state index is -1.18. The van der Waals surface area contributed by atoms with Gasteiger partial charge in [0.1, 0.15) is 6.54 Å². The Labute approximate surface area is 223 Å². The first-order valence-corrected chi connectivity index (χ1v) is 12.8. The highest BCUT2D eigenvalue weighted by molar-refractivity contribution is 8.18. The number of aliphatic carboxylic acids is 1. The molecule has 0 saturated carbocycles. The molecule has 2 saturated heterocycles. The van der Waals surface area contributed by atoms with Crippen molar-refractivity contribution in [2.75, 3.05) is 56.3 Å². The molecule has 2 aliphatic heterocycles. The second-order valence-corrected chi connectivity index (χ2v) is 9.25. The Morgan fingerprint density at radius 1 is 1.11 bits per heavy atom. The van der Waals surface area contributed by atoms with Gasteiger partial charge in [-0.15, -0.1) is 0 Å². The van der Waals surface area contributed by atoms with E-state index in [1.54, 1.807) is 37.3 Å². The van der Waals surface area contributed by atoms with Crippen LogP contribution in [0.4, 0.5) is 16.2 Å². The second kappa shape index (κ2) is 12.5. The standard InChI is InChI=1S/C26H27N3O8S/c1-2-36-20-5-3-4-17(24(20)37-16-23(31)32)14-21-25(33)29(26(34)38-21)15-22(30)27-18-6-8-19(9-7-18)28-10-12-35-13-11-28/h3-9,14H,2,10-13,15-16H2,1H3,(H,27,30)(H,31,32)/b21-14-. The van der Waals surface area contributed by atoms with E-state index in [1.165, 1.54) is 6.08 Å². The molecule has 12 heteroatoms. The number of carboxylic acids is 1. The summed E-state index contributed by atoms with van der Waals surface area (Å²) in [5, 5.41) is 11.1. The highest BCUT2D eigenvalue weighted by atomic mass is 32.2. The minimum absolute atomic E-state index is 0.0755. The van der Waals surface area contributed by atoms with E-state index >= 15 is 0 Å². The van der Waals surface area contributed by atoms with Gasteiger partial charge in [-0.1, -0.05) is 12.1 Å². The summed E-state index contributed by atoms with van der Waals surface area (Å²) in [7, 11) is 0. The molecule has 3 amide bonds. The number of amides is 3. The molecule has 0 spiro atoms. The molecule has 0 atom stereocenters. The zero-order chi connectivity index (χ0) is 27.1. The van der Waals surface area contributed by atoms with Crippen LogP contribution in [0.2, 0.25) is 0 Å². The number of carbonyl (C=O) groups excluding carboxylic acids is 3. The van der Waals surface area contributed by atoms with Crippen LogP contribution < -0.4 is 19.7 Å². The molecule has 0 aromatic heterocycles. The molecule has 2 aromatic rings. The van der Waals surface area contributed by atoms with Crippen molar-refractivity contribution in [3.05, 3.63) is 52.9 Å². The maximum atomic E-state index is 13.0. The summed E-state index contributed by atoms with van der Waals surface area (Å²) in [5.41, 5.74) is 1.93. The van der Waals surface area contributed by atoms with Crippen molar-refractivity contribution in [2.45, 2.75) is 6.92 Å². The van der Waals surface area contributed by atoms with E-state index in [1.807, 2.05) is 12.1 Å². The number of ether oxygens (including phenoxy) is 3. The molecular formula is C26H27N3O8S. The number of para-hydroxylation sites is 1. The number of hydrogen-bond acceptors (Lipinski definition) is 9. The van der Waals surface area contributed by atoms with Crippen LogP contribution in [0.3, 0.4) is 0 Å². The van der Waals surface area contributed by atoms with Crippen molar-refractivity contribution < 1.29 is 38.5 Å². The molecular weight excluding hydrogens is 514 g/mol. The molecule has 0 radical (unpaired) electrons. The zero-order valence-corrected chi connectivity index (χ0v) is 21.5. The summed E-state index contributed by atoms with van der Waals surface area (Å²) in [4.78, 5) is 52.3. The Bertz CT molecular complexity index is 1240. The molecule has 2 heterocycles. The molecule has 38 heavy (non-hydrogen) atoms. The van der Waals surface area contributed by atoms with Gasteiger partial charge in [0.2, 0.25) is 5.91 Å². The smallest absolute Gasteiger partial charge is 0.341 e. The molecule has 2 fully saturated rings. The van der Waals surface area contributed by atoms with Gasteiger partial charge in [-0.2, -0.15) is 0 Å². The largest absolute Gasteiger partial charge is 0.490 e. The monoisotopic (exact) mass is 541 g/mol. The first-order chi connectivity index (χ1) is 18.4. The summed E-state index contributed by atoms with van der Waals surface area (Å²) in [6, 6.07) is 12.2. The summed E-state index contributed by atoms with van der Waals surface area (Å²) < 4.78 is 16.3. The first-order valence-electron chi connectivity index (χ1n) is 11.9. The van der Waals surface area contributed by atoms with Gasteiger partial charge in [-0.25, -0.2) is 4.79 Å². The predicted octanol–water partition coefficient (Wildman–Crippen LogP) is 3.06. The molecule has 0 aliphatic carbocycles. The SMILES string of the molecule is CCOc1cccc(/C=C2\SC(=O)N(CC(=O)Nc3ccc(N4CCOCC4)cc3)C2=O)c1OCC(=O)O. The van der Waals surface area contributed by atoms with E-state index in [0.29, 0.717) is 48.6 Å². The van der Waals surface area contributed by atoms with E-state index in [9.17, 15) is 19.2 Å². The molecule has 2 aliphatic rings. The van der Waals surface area contributed by atoms with E-state index < -0.39 is 36.2 Å². The highest BCUT2D eigenvalue weighted by Gasteiger charge is 2.36. The number of anilines is 2. The summed E-state index contributed by atoms with van der Waals surface area (Å²) in [6.07, 6.45) is 1.42. The van der Waals surface area contributed by atoms with Crippen LogP contribution in [0, 0.1) is 0 Å². The van der Waals surface area contributed by atoms with Crippen LogP contribution in [-0.2, 0) is 19.1 Å². The van der Waals surface area contributed by atoms with E-state index in [-0.39, 0.29) is 10.7 Å². The van der Waals surface area contributed by atoms with Gasteiger partial charge >= 0.3 is 5.97 Å². The van der Waals surface area contributed by atoms with Crippen molar-refractivity contribution in [1.29, 1.82) is 0 Å². The Kier molecular flexibility index (Phi) is 8.87. The fourth-order valence-electron chi connectivity index (χ4n) is 3.90. The summed E-state index contributed by atoms with van der Waals surface area (Å²) in [6.45, 7) is 3.94. The van der Waals surface area contributed by atoms with Crippen LogP contribution >= 0.6 is 11.8 Å². The topological polar surface area (TPSA) is 135 Å². The number of hydrogen-bond donors (Lipinski definition) is 2. The first kappa shape index (κ1) is 27.0. The molecule has 0 unspecified atom stereocenters. The highest BCUT2D eigenvalue weighted by Crippen LogP contribution is 2.37. The number of imide groups is 1. The van der Waals surface area contributed by atoms with Gasteiger partial charge in [0.05, 0.1) is 24.7 Å². The van der Waals surface area contributed by atoms with Crippen LogP contribution in [0.5, 0.6) is 11.5 Å². The molecule has 11 nitrogen and oxygen atoms in total. The maximum absolute atomic E-state index is 13.0. The molecule has 0 bridgehead atoms. The van der Waals surface area contributed by atoms with Crippen molar-refractivity contribution in [1.82, 2.24) is 4.90 Å². The van der Waals surface area contributed by atoms with Gasteiger partial charge in [-0.3, -0.25) is 19.3 Å². The van der Waals surface area contributed by atoms with Gasteiger partial charge in [-0.05, 0) is 55.1 Å². The van der Waals surface area contributed by atoms with E-state index in [2.05, 4.69) is 10.2 Å². The summed E-state index contributed by atoms with van der Waals surface area (Å²) in [5.74, 6) is -1.88. The second-order valence-electron chi connectivity index (χ2n) is 8.25. The van der Waals surface area contributed by atoms with Crippen molar-refractivity contribution >= 4 is 52.2 Å². The van der Waals surface area contributed by atoms with Crippen molar-refractivity contribution in [3.63, 3.8) is 0 Å². The number of morpholine rings is 1. The lowest BCUT2D eigenvalue weighted by atomic mass is 10.1. The number of carbonyl (C=O) groups is 4. The number of nitrogens with one attached hydrogen (secondary N) is 1. The number of thioether (sulfide) groups is 1. The summed E-state index contributed by atoms with van der Waals surface area (Å²) >= 11 is 0.685. The van der Waals surface area contributed by atoms with E-state index in [0.717, 1.165) is 23.7 Å². The third kappa shape index (κ3) is 6.64. The molecule has 2 aromatic carbocycles. The Hall–Kier alpha value is -4.03. The lowest BCUT2D eigenvalue weighted by Crippen LogP contribution is -2.36. The minimum Gasteiger partial charge on any atom is -0.490 e. The lowest BCUT2D eigenvalue weighted by Gasteiger charge is -2.28. The normalized spacial score (nSPS) is 16.6. The average molecular weight is 542 g/mol. The van der Waals surface area contributed by atoms with Crippen LogP contribution in [0.1, 0.15) is 12.5 Å². The number of benzene rings is 2. The average Bonchev–Trinajstić information content (AvgIpc) is 3.16. The lowest BCUT2D eigenvalue weighted by molar-refractivity contribution is -0.139. The zero-order valence-electron chi connectivity index (χ0n) is 20.7. The van der Waals surface area contributed by atoms with Crippen molar-refractivity contribution in [2.24, 2.45) is 0 Å². The van der Waals surface area contributed by atoms with Crippen molar-refractivity contribution in [3.8, 4) is 11.5 Å². The third-order valence-electron chi connectivity index (χ3n) is 5.64. The van der Waals surface area contributed by atoms with Gasteiger partial charge in [0.15, 0.2) is 18.1 Å². The van der Waals surface area contributed by atoms with Gasteiger partial charge in [0.25, 0.3) is 11.1 Å². The Morgan fingerprint density at radius 3 is 2.53 bits per heavy atom. The van der Waals surface area contributed by atoms with E-state index in [4.69, 9.17) is 19.3 Å². The Balaban J connectivity index is 1.43. The number of carboxylic acid groups (broad SMARTS) is 1. The molecule has 4 rings (SSSR count). The van der Waals surface area contributed by atoms with Crippen LogP contribution in [0.15, 0.2) is 47.4 Å². The number of nitrogens with zero attached hydrogens (tertiary/aromatic N) is 2. The third-order valence-corrected chi connectivity index (χ3v) is 6.55. The predicted molar refractivity (Wildman–Crippen MR) is 142 cm³/mol. The molecule has 2 N–H and O–H groups in total. The van der Waals surface area contributed by atoms with Gasteiger partial charge in [0, 0.05) is 30.0 Å². The van der Waals surface area contributed by atoms with Crippen LogP contribution in [-0.4, -0.2) is 79.1 Å². The quantitative estimate of drug-likeness (QED) is 0.432. The Morgan fingerprint density at radius 2 is 1.84 bits per heavy atom. The van der Waals surface area contributed by atoms with Gasteiger partial charge < -0.3 is 29.5 Å². The fourth-order valence-corrected chi connectivity index (χ4v) is 4.73.